The summed E-state index contributed by atoms with van der Waals surface area (Å²) >= 11 is 0. The molecule has 1 heterocycles. The van der Waals surface area contributed by atoms with Crippen molar-refractivity contribution in [3.8, 4) is 23.3 Å². The Morgan fingerprint density at radius 3 is 2.70 bits per heavy atom. The van der Waals surface area contributed by atoms with Crippen LogP contribution in [0.25, 0.3) is 0 Å². The average molecular weight is 298 g/mol. The van der Waals surface area contributed by atoms with E-state index in [2.05, 4.69) is 16.7 Å². The molecule has 1 aliphatic heterocycles. The molecular weight excluding hydrogens is 278 g/mol. The van der Waals surface area contributed by atoms with Gasteiger partial charge in [-0.25, -0.2) is 0 Å². The molecule has 1 aliphatic rings. The van der Waals surface area contributed by atoms with Crippen molar-refractivity contribution in [2.75, 3.05) is 46.6 Å². The minimum absolute atomic E-state index is 0. The van der Waals surface area contributed by atoms with Crippen LogP contribution in [-0.4, -0.2) is 51.5 Å². The molecule has 5 heteroatoms. The molecule has 0 spiro atoms. The van der Waals surface area contributed by atoms with E-state index in [4.69, 9.17) is 14.2 Å². The number of morpholine rings is 1. The molecule has 0 atom stereocenters. The van der Waals surface area contributed by atoms with Crippen LogP contribution in [0.1, 0.15) is 0 Å². The molecule has 0 radical (unpaired) electrons. The lowest BCUT2D eigenvalue weighted by atomic mass is 10.3. The first-order valence-corrected chi connectivity index (χ1v) is 6.41. The fourth-order valence-corrected chi connectivity index (χ4v) is 1.79. The van der Waals surface area contributed by atoms with E-state index >= 15 is 0 Å². The van der Waals surface area contributed by atoms with Crippen molar-refractivity contribution >= 4 is 12.4 Å². The number of methoxy groups -OCH3 is 1. The number of nitrogens with zero attached hydrogens (tertiary/aromatic N) is 1. The van der Waals surface area contributed by atoms with E-state index in [-0.39, 0.29) is 12.4 Å². The maximum atomic E-state index is 5.54. The van der Waals surface area contributed by atoms with Gasteiger partial charge in [-0.05, 0) is 12.1 Å². The fraction of sp³-hybridized carbons (Fsp3) is 0.467. The van der Waals surface area contributed by atoms with E-state index in [1.54, 1.807) is 7.11 Å². The van der Waals surface area contributed by atoms with Gasteiger partial charge in [0.2, 0.25) is 0 Å². The summed E-state index contributed by atoms with van der Waals surface area (Å²) < 4.78 is 15.9. The molecule has 1 saturated heterocycles. The largest absolute Gasteiger partial charge is 0.497 e. The number of rotatable bonds is 4. The van der Waals surface area contributed by atoms with Gasteiger partial charge in [0.15, 0.2) is 0 Å². The number of halogens is 1. The third-order valence-electron chi connectivity index (χ3n) is 2.88. The smallest absolute Gasteiger partial charge is 0.149 e. The zero-order valence-corrected chi connectivity index (χ0v) is 12.4. The van der Waals surface area contributed by atoms with Gasteiger partial charge >= 0.3 is 0 Å². The molecule has 0 amide bonds. The molecule has 2 rings (SSSR count). The third kappa shape index (κ3) is 5.70. The van der Waals surface area contributed by atoms with E-state index in [0.717, 1.165) is 44.3 Å². The highest BCUT2D eigenvalue weighted by molar-refractivity contribution is 5.85. The zero-order valence-electron chi connectivity index (χ0n) is 11.6. The highest BCUT2D eigenvalue weighted by atomic mass is 35.5. The lowest BCUT2D eigenvalue weighted by molar-refractivity contribution is 0.0443. The van der Waals surface area contributed by atoms with Crippen molar-refractivity contribution in [1.29, 1.82) is 0 Å². The minimum Gasteiger partial charge on any atom is -0.497 e. The summed E-state index contributed by atoms with van der Waals surface area (Å²) in [5.74, 6) is 7.71. The summed E-state index contributed by atoms with van der Waals surface area (Å²) in [7, 11) is 1.64. The van der Waals surface area contributed by atoms with E-state index < -0.39 is 0 Å². The van der Waals surface area contributed by atoms with E-state index in [0.29, 0.717) is 6.61 Å². The summed E-state index contributed by atoms with van der Waals surface area (Å²) in [6, 6.07) is 7.53. The first-order valence-electron chi connectivity index (χ1n) is 6.41. The quantitative estimate of drug-likeness (QED) is 0.794. The van der Waals surface area contributed by atoms with E-state index in [1.165, 1.54) is 0 Å². The van der Waals surface area contributed by atoms with Crippen LogP contribution in [0.4, 0.5) is 0 Å². The fourth-order valence-electron chi connectivity index (χ4n) is 1.79. The predicted molar refractivity (Wildman–Crippen MR) is 80.8 cm³/mol. The monoisotopic (exact) mass is 297 g/mol. The molecule has 1 aromatic carbocycles. The summed E-state index contributed by atoms with van der Waals surface area (Å²) in [6.07, 6.45) is 0. The van der Waals surface area contributed by atoms with Crippen LogP contribution in [0.2, 0.25) is 0 Å². The van der Waals surface area contributed by atoms with Crippen LogP contribution >= 0.6 is 12.4 Å². The number of hydrogen-bond acceptors (Lipinski definition) is 4. The van der Waals surface area contributed by atoms with Gasteiger partial charge in [0.05, 0.1) is 26.9 Å². The van der Waals surface area contributed by atoms with E-state index in [1.807, 2.05) is 24.3 Å². The Hall–Kier alpha value is -1.41. The maximum Gasteiger partial charge on any atom is 0.149 e. The number of ether oxygens (including phenoxy) is 3. The molecule has 0 bridgehead atoms. The van der Waals surface area contributed by atoms with Gasteiger partial charge in [-0.3, -0.25) is 4.90 Å². The van der Waals surface area contributed by atoms with E-state index in [9.17, 15) is 0 Å². The second-order valence-electron chi connectivity index (χ2n) is 4.21. The van der Waals surface area contributed by atoms with Crippen LogP contribution < -0.4 is 9.47 Å². The molecule has 0 aliphatic carbocycles. The molecular formula is C15H20ClNO3. The van der Waals surface area contributed by atoms with Crippen molar-refractivity contribution in [3.63, 3.8) is 0 Å². The van der Waals surface area contributed by atoms with Crippen molar-refractivity contribution in [3.05, 3.63) is 24.3 Å². The van der Waals surface area contributed by atoms with Crippen molar-refractivity contribution in [1.82, 2.24) is 4.90 Å². The van der Waals surface area contributed by atoms with Gasteiger partial charge in [0.25, 0.3) is 0 Å². The summed E-state index contributed by atoms with van der Waals surface area (Å²) in [5, 5.41) is 0. The molecule has 4 nitrogen and oxygen atoms in total. The Balaban J connectivity index is 0.00000200. The van der Waals surface area contributed by atoms with Gasteiger partial charge in [-0.1, -0.05) is 17.9 Å². The summed E-state index contributed by atoms with van der Waals surface area (Å²) in [5.41, 5.74) is 0. The number of hydrogen-bond donors (Lipinski definition) is 0. The standard InChI is InChI=1S/C15H19NO3.ClH/c1-17-14-5-4-6-15(13-14)19-10-3-2-7-16-8-11-18-12-9-16;/h4-6,13H,7-12H2,1H3;1H. The molecule has 1 aromatic rings. The van der Waals surface area contributed by atoms with Gasteiger partial charge in [0.1, 0.15) is 18.1 Å². The van der Waals surface area contributed by atoms with Gasteiger partial charge in [0, 0.05) is 19.2 Å². The summed E-state index contributed by atoms with van der Waals surface area (Å²) in [4.78, 5) is 2.28. The second kappa shape index (κ2) is 9.49. The van der Waals surface area contributed by atoms with Crippen molar-refractivity contribution < 1.29 is 14.2 Å². The molecule has 0 N–H and O–H groups in total. The predicted octanol–water partition coefficient (Wildman–Crippen LogP) is 1.83. The Morgan fingerprint density at radius 2 is 1.95 bits per heavy atom. The number of benzene rings is 1. The average Bonchev–Trinajstić information content (AvgIpc) is 2.48. The third-order valence-corrected chi connectivity index (χ3v) is 2.88. The Labute approximate surface area is 126 Å². The Kier molecular flexibility index (Phi) is 7.89. The zero-order chi connectivity index (χ0) is 13.3. The maximum absolute atomic E-state index is 5.54. The Morgan fingerprint density at radius 1 is 1.20 bits per heavy atom. The van der Waals surface area contributed by atoms with Gasteiger partial charge < -0.3 is 14.2 Å². The topological polar surface area (TPSA) is 30.9 Å². The van der Waals surface area contributed by atoms with Crippen molar-refractivity contribution in [2.24, 2.45) is 0 Å². The van der Waals surface area contributed by atoms with Gasteiger partial charge in [-0.15, -0.1) is 12.4 Å². The highest BCUT2D eigenvalue weighted by Crippen LogP contribution is 2.18. The SMILES string of the molecule is COc1cccc(OCC#CCN2CCOCC2)c1.Cl. The van der Waals surface area contributed by atoms with Crippen LogP contribution in [0.5, 0.6) is 11.5 Å². The minimum atomic E-state index is 0. The highest BCUT2D eigenvalue weighted by Gasteiger charge is 2.07. The second-order valence-corrected chi connectivity index (χ2v) is 4.21. The molecule has 0 aromatic heterocycles. The molecule has 0 saturated carbocycles. The van der Waals surface area contributed by atoms with Crippen LogP contribution in [0.15, 0.2) is 24.3 Å². The van der Waals surface area contributed by atoms with Gasteiger partial charge in [-0.2, -0.15) is 0 Å². The molecule has 1 fully saturated rings. The molecule has 20 heavy (non-hydrogen) atoms. The van der Waals surface area contributed by atoms with Crippen molar-refractivity contribution in [2.45, 2.75) is 0 Å². The summed E-state index contributed by atoms with van der Waals surface area (Å²) in [6.45, 7) is 4.73. The lowest BCUT2D eigenvalue weighted by Crippen LogP contribution is -2.36. The normalized spacial score (nSPS) is 14.7. The molecule has 0 unspecified atom stereocenters. The first-order chi connectivity index (χ1) is 9.38. The molecule has 110 valence electrons. The lowest BCUT2D eigenvalue weighted by Gasteiger charge is -2.24. The Bertz CT molecular complexity index is 450. The van der Waals surface area contributed by atoms with Crippen LogP contribution in [-0.2, 0) is 4.74 Å². The van der Waals surface area contributed by atoms with Crippen LogP contribution in [0.3, 0.4) is 0 Å². The van der Waals surface area contributed by atoms with Crippen LogP contribution in [0, 0.1) is 11.8 Å². The first kappa shape index (κ1) is 16.6.